The number of nitrogens with zero attached hydrogens (tertiary/aromatic N) is 1. The lowest BCUT2D eigenvalue weighted by Crippen LogP contribution is -2.17. The summed E-state index contributed by atoms with van der Waals surface area (Å²) in [4.78, 5) is 4.56. The molecular formula is C18H17FN2. The van der Waals surface area contributed by atoms with Gasteiger partial charge in [0.25, 0.3) is 0 Å². The van der Waals surface area contributed by atoms with Crippen molar-refractivity contribution in [3.8, 4) is 0 Å². The van der Waals surface area contributed by atoms with Crippen LogP contribution >= 0.6 is 0 Å². The molecule has 3 heteroatoms. The first-order valence-electron chi connectivity index (χ1n) is 6.94. The summed E-state index contributed by atoms with van der Waals surface area (Å²) in [5, 5.41) is 1.05. The minimum absolute atomic E-state index is 0.269. The fourth-order valence-electron chi connectivity index (χ4n) is 2.72. The SMILES string of the molecule is Cc1cc(C)c(C(N)c2ccc3ccccc3n2)c(F)c1. The van der Waals surface area contributed by atoms with Crippen LogP contribution in [-0.4, -0.2) is 4.98 Å². The molecule has 2 nitrogen and oxygen atoms in total. The van der Waals surface area contributed by atoms with Crippen LogP contribution in [-0.2, 0) is 0 Å². The topological polar surface area (TPSA) is 38.9 Å². The molecule has 0 aliphatic rings. The third-order valence-electron chi connectivity index (χ3n) is 3.73. The standard InChI is InChI=1S/C18H17FN2/c1-11-9-12(2)17(14(19)10-11)18(20)16-8-7-13-5-3-4-6-15(13)21-16/h3-10,18H,20H2,1-2H3. The Morgan fingerprint density at radius 3 is 2.57 bits per heavy atom. The highest BCUT2D eigenvalue weighted by Gasteiger charge is 2.18. The molecule has 0 saturated heterocycles. The van der Waals surface area contributed by atoms with Crippen LogP contribution in [0, 0.1) is 19.7 Å². The lowest BCUT2D eigenvalue weighted by molar-refractivity contribution is 0.594. The molecule has 0 aliphatic heterocycles. The maximum Gasteiger partial charge on any atom is 0.128 e. The molecule has 1 heterocycles. The van der Waals surface area contributed by atoms with Gasteiger partial charge in [-0.15, -0.1) is 0 Å². The number of benzene rings is 2. The predicted octanol–water partition coefficient (Wildman–Crippen LogP) is 4.04. The Hall–Kier alpha value is -2.26. The van der Waals surface area contributed by atoms with Crippen molar-refractivity contribution in [2.75, 3.05) is 0 Å². The van der Waals surface area contributed by atoms with Crippen molar-refractivity contribution in [1.82, 2.24) is 4.98 Å². The normalized spacial score (nSPS) is 12.6. The van der Waals surface area contributed by atoms with E-state index in [1.54, 1.807) is 0 Å². The van der Waals surface area contributed by atoms with Gasteiger partial charge in [0.2, 0.25) is 0 Å². The number of hydrogen-bond donors (Lipinski definition) is 1. The van der Waals surface area contributed by atoms with Gasteiger partial charge in [-0.2, -0.15) is 0 Å². The van der Waals surface area contributed by atoms with Crippen LogP contribution in [0.4, 0.5) is 4.39 Å². The summed E-state index contributed by atoms with van der Waals surface area (Å²) in [6.45, 7) is 3.76. The van der Waals surface area contributed by atoms with Gasteiger partial charge < -0.3 is 5.73 Å². The zero-order valence-corrected chi connectivity index (χ0v) is 12.1. The molecule has 0 bridgehead atoms. The number of para-hydroxylation sites is 1. The van der Waals surface area contributed by atoms with Crippen LogP contribution in [0.5, 0.6) is 0 Å². The van der Waals surface area contributed by atoms with Gasteiger partial charge in [0, 0.05) is 10.9 Å². The van der Waals surface area contributed by atoms with E-state index < -0.39 is 6.04 Å². The lowest BCUT2D eigenvalue weighted by atomic mass is 9.96. The van der Waals surface area contributed by atoms with E-state index in [9.17, 15) is 4.39 Å². The van der Waals surface area contributed by atoms with E-state index in [4.69, 9.17) is 5.73 Å². The van der Waals surface area contributed by atoms with Gasteiger partial charge >= 0.3 is 0 Å². The Labute approximate surface area is 123 Å². The minimum Gasteiger partial charge on any atom is -0.319 e. The van der Waals surface area contributed by atoms with Gasteiger partial charge in [0.15, 0.2) is 0 Å². The highest BCUT2D eigenvalue weighted by atomic mass is 19.1. The highest BCUT2D eigenvalue weighted by Crippen LogP contribution is 2.26. The van der Waals surface area contributed by atoms with E-state index in [0.29, 0.717) is 11.3 Å². The molecule has 21 heavy (non-hydrogen) atoms. The lowest BCUT2D eigenvalue weighted by Gasteiger charge is -2.16. The van der Waals surface area contributed by atoms with Gasteiger partial charge in [-0.05, 0) is 43.2 Å². The summed E-state index contributed by atoms with van der Waals surface area (Å²) >= 11 is 0. The first kappa shape index (κ1) is 13.7. The number of fused-ring (bicyclic) bond motifs is 1. The van der Waals surface area contributed by atoms with E-state index >= 15 is 0 Å². The summed E-state index contributed by atoms with van der Waals surface area (Å²) in [5.74, 6) is -0.269. The van der Waals surface area contributed by atoms with Crippen LogP contribution in [0.2, 0.25) is 0 Å². The van der Waals surface area contributed by atoms with E-state index in [2.05, 4.69) is 4.98 Å². The Morgan fingerprint density at radius 2 is 1.81 bits per heavy atom. The maximum absolute atomic E-state index is 14.3. The second kappa shape index (κ2) is 5.26. The molecule has 3 rings (SSSR count). The summed E-state index contributed by atoms with van der Waals surface area (Å²) < 4.78 is 14.3. The van der Waals surface area contributed by atoms with Gasteiger partial charge in [-0.1, -0.05) is 30.3 Å². The number of hydrogen-bond acceptors (Lipinski definition) is 2. The smallest absolute Gasteiger partial charge is 0.128 e. The Kier molecular flexibility index (Phi) is 3.43. The number of pyridine rings is 1. The predicted molar refractivity (Wildman–Crippen MR) is 83.6 cm³/mol. The molecule has 1 aromatic heterocycles. The van der Waals surface area contributed by atoms with Crippen LogP contribution < -0.4 is 5.73 Å². The van der Waals surface area contributed by atoms with Crippen molar-refractivity contribution in [2.24, 2.45) is 5.73 Å². The second-order valence-electron chi connectivity index (χ2n) is 5.38. The van der Waals surface area contributed by atoms with Gasteiger partial charge in [0.05, 0.1) is 17.3 Å². The average molecular weight is 280 g/mol. The van der Waals surface area contributed by atoms with Crippen molar-refractivity contribution in [1.29, 1.82) is 0 Å². The zero-order chi connectivity index (χ0) is 15.0. The first-order chi connectivity index (χ1) is 10.1. The third kappa shape index (κ3) is 2.52. The molecule has 0 radical (unpaired) electrons. The molecule has 2 aromatic carbocycles. The largest absolute Gasteiger partial charge is 0.319 e. The number of rotatable bonds is 2. The van der Waals surface area contributed by atoms with Crippen molar-refractivity contribution < 1.29 is 4.39 Å². The molecule has 106 valence electrons. The van der Waals surface area contributed by atoms with Crippen molar-refractivity contribution >= 4 is 10.9 Å². The molecule has 2 N–H and O–H groups in total. The Bertz CT molecular complexity index is 788. The molecule has 0 aliphatic carbocycles. The fourth-order valence-corrected chi connectivity index (χ4v) is 2.72. The number of halogens is 1. The summed E-state index contributed by atoms with van der Waals surface area (Å²) in [7, 11) is 0. The molecule has 0 fully saturated rings. The molecule has 1 atom stereocenters. The van der Waals surface area contributed by atoms with Gasteiger partial charge in [-0.25, -0.2) is 4.39 Å². The molecular weight excluding hydrogens is 263 g/mol. The minimum atomic E-state index is -0.560. The van der Waals surface area contributed by atoms with Crippen LogP contribution in [0.25, 0.3) is 10.9 Å². The molecule has 0 saturated carbocycles. The van der Waals surface area contributed by atoms with Crippen molar-refractivity contribution in [3.05, 3.63) is 76.7 Å². The van der Waals surface area contributed by atoms with Crippen LogP contribution in [0.15, 0.2) is 48.5 Å². The monoisotopic (exact) mass is 280 g/mol. The van der Waals surface area contributed by atoms with Crippen LogP contribution in [0.3, 0.4) is 0 Å². The molecule has 1 unspecified atom stereocenters. The second-order valence-corrected chi connectivity index (χ2v) is 5.38. The fraction of sp³-hybridized carbons (Fsp3) is 0.167. The zero-order valence-electron chi connectivity index (χ0n) is 12.1. The molecule has 3 aromatic rings. The highest BCUT2D eigenvalue weighted by molar-refractivity contribution is 5.78. The van der Waals surface area contributed by atoms with E-state index in [1.165, 1.54) is 6.07 Å². The maximum atomic E-state index is 14.3. The Balaban J connectivity index is 2.10. The van der Waals surface area contributed by atoms with Crippen molar-refractivity contribution in [2.45, 2.75) is 19.9 Å². The summed E-state index contributed by atoms with van der Waals surface area (Å²) in [5.41, 5.74) is 10.1. The first-order valence-corrected chi connectivity index (χ1v) is 6.94. The summed E-state index contributed by atoms with van der Waals surface area (Å²) in [6, 6.07) is 14.6. The number of nitrogens with two attached hydrogens (primary N) is 1. The van der Waals surface area contributed by atoms with Crippen LogP contribution in [0.1, 0.15) is 28.4 Å². The van der Waals surface area contributed by atoms with E-state index in [-0.39, 0.29) is 5.82 Å². The number of aryl methyl sites for hydroxylation is 2. The summed E-state index contributed by atoms with van der Waals surface area (Å²) in [6.07, 6.45) is 0. The molecule has 0 amide bonds. The third-order valence-corrected chi connectivity index (χ3v) is 3.73. The van der Waals surface area contributed by atoms with Crippen molar-refractivity contribution in [3.63, 3.8) is 0 Å². The Morgan fingerprint density at radius 1 is 1.05 bits per heavy atom. The quantitative estimate of drug-likeness (QED) is 0.769. The van der Waals surface area contributed by atoms with Gasteiger partial charge in [-0.3, -0.25) is 4.98 Å². The van der Waals surface area contributed by atoms with E-state index in [0.717, 1.165) is 22.0 Å². The van der Waals surface area contributed by atoms with Gasteiger partial charge in [0.1, 0.15) is 5.82 Å². The number of aromatic nitrogens is 1. The average Bonchev–Trinajstić information content (AvgIpc) is 2.45. The molecule has 0 spiro atoms. The van der Waals surface area contributed by atoms with E-state index in [1.807, 2.05) is 56.3 Å².